The normalized spacial score (nSPS) is 9.58. The molecule has 0 radical (unpaired) electrons. The van der Waals surface area contributed by atoms with E-state index < -0.39 is 0 Å². The maximum absolute atomic E-state index is 9.94. The summed E-state index contributed by atoms with van der Waals surface area (Å²) in [6, 6.07) is 4.71. The van der Waals surface area contributed by atoms with Crippen molar-refractivity contribution in [3.8, 4) is 0 Å². The van der Waals surface area contributed by atoms with Crippen molar-refractivity contribution in [1.29, 1.82) is 0 Å². The Morgan fingerprint density at radius 1 is 1.58 bits per heavy atom. The number of aryl methyl sites for hydroxylation is 1. The van der Waals surface area contributed by atoms with Gasteiger partial charge in [-0.15, -0.1) is 10.1 Å². The maximum Gasteiger partial charge on any atom is 0.0962 e. The molecular formula is C7H7ClN2O2. The molecule has 0 heterocycles. The van der Waals surface area contributed by atoms with Crippen molar-refractivity contribution in [3.05, 3.63) is 33.7 Å². The fourth-order valence-electron chi connectivity index (χ4n) is 0.887. The van der Waals surface area contributed by atoms with Crippen LogP contribution >= 0.6 is 11.6 Å². The van der Waals surface area contributed by atoms with Crippen LogP contribution in [0.3, 0.4) is 0 Å². The van der Waals surface area contributed by atoms with E-state index in [4.69, 9.17) is 16.8 Å². The summed E-state index contributed by atoms with van der Waals surface area (Å²) in [6.07, 6.45) is 0. The smallest absolute Gasteiger partial charge is 0.0962 e. The van der Waals surface area contributed by atoms with Crippen molar-refractivity contribution in [1.82, 2.24) is 0 Å². The van der Waals surface area contributed by atoms with Crippen LogP contribution in [0.4, 0.5) is 5.69 Å². The van der Waals surface area contributed by atoms with Crippen LogP contribution in [-0.4, -0.2) is 5.21 Å². The van der Waals surface area contributed by atoms with Gasteiger partial charge in [-0.2, -0.15) is 0 Å². The Kier molecular flexibility index (Phi) is 2.62. The highest BCUT2D eigenvalue weighted by atomic mass is 35.5. The Bertz CT molecular complexity index is 303. The molecule has 0 saturated heterocycles. The quantitative estimate of drug-likeness (QED) is 0.571. The van der Waals surface area contributed by atoms with Crippen LogP contribution < -0.4 is 5.17 Å². The molecule has 0 spiro atoms. The molecule has 0 aliphatic heterocycles. The number of nitroso groups, excluding NO2 is 1. The van der Waals surface area contributed by atoms with Gasteiger partial charge in [-0.1, -0.05) is 11.6 Å². The van der Waals surface area contributed by atoms with Crippen LogP contribution in [-0.2, 0) is 0 Å². The second-order valence-corrected chi connectivity index (χ2v) is 2.74. The van der Waals surface area contributed by atoms with Gasteiger partial charge in [0.15, 0.2) is 0 Å². The van der Waals surface area contributed by atoms with E-state index in [1.165, 1.54) is 6.07 Å². The molecule has 0 aliphatic rings. The van der Waals surface area contributed by atoms with E-state index in [9.17, 15) is 4.91 Å². The van der Waals surface area contributed by atoms with Gasteiger partial charge >= 0.3 is 0 Å². The molecule has 12 heavy (non-hydrogen) atoms. The summed E-state index contributed by atoms with van der Waals surface area (Å²) in [5.41, 5.74) is 1.01. The Morgan fingerprint density at radius 3 is 2.75 bits per heavy atom. The van der Waals surface area contributed by atoms with Crippen LogP contribution in [0.2, 0.25) is 5.02 Å². The number of hydrogen-bond donors (Lipinski definition) is 1. The van der Waals surface area contributed by atoms with Crippen molar-refractivity contribution < 1.29 is 5.21 Å². The summed E-state index contributed by atoms with van der Waals surface area (Å²) in [7, 11) is 0. The summed E-state index contributed by atoms with van der Waals surface area (Å²) in [4.78, 5) is 9.94. The minimum atomic E-state index is 0.270. The largest absolute Gasteiger partial charge is 0.265 e. The van der Waals surface area contributed by atoms with Crippen LogP contribution in [0.5, 0.6) is 0 Å². The number of benzene rings is 1. The molecule has 0 unspecified atom stereocenters. The van der Waals surface area contributed by atoms with Gasteiger partial charge < -0.3 is 0 Å². The first kappa shape index (κ1) is 8.96. The van der Waals surface area contributed by atoms with E-state index in [2.05, 4.69) is 5.29 Å². The van der Waals surface area contributed by atoms with Crippen molar-refractivity contribution in [2.24, 2.45) is 5.29 Å². The highest BCUT2D eigenvalue weighted by Crippen LogP contribution is 2.22. The number of halogens is 1. The van der Waals surface area contributed by atoms with Crippen LogP contribution in [0.1, 0.15) is 5.56 Å². The molecule has 1 N–H and O–H groups in total. The average molecular weight is 187 g/mol. The fraction of sp³-hybridized carbons (Fsp3) is 0.143. The Balaban J connectivity index is 3.09. The van der Waals surface area contributed by atoms with Gasteiger partial charge in [-0.25, -0.2) is 0 Å². The van der Waals surface area contributed by atoms with Gasteiger partial charge in [0.2, 0.25) is 0 Å². The van der Waals surface area contributed by atoms with E-state index in [1.54, 1.807) is 19.1 Å². The lowest BCUT2D eigenvalue weighted by Crippen LogP contribution is -2.09. The van der Waals surface area contributed by atoms with E-state index >= 15 is 0 Å². The van der Waals surface area contributed by atoms with Crippen molar-refractivity contribution in [2.45, 2.75) is 6.92 Å². The molecule has 0 fully saturated rings. The third kappa shape index (κ3) is 1.72. The first-order valence-corrected chi connectivity index (χ1v) is 3.61. The molecule has 5 heteroatoms. The maximum atomic E-state index is 9.94. The minimum Gasteiger partial charge on any atom is -0.265 e. The molecule has 0 amide bonds. The first-order chi connectivity index (χ1) is 5.65. The van der Waals surface area contributed by atoms with Gasteiger partial charge in [0.05, 0.1) is 11.0 Å². The van der Waals surface area contributed by atoms with Gasteiger partial charge in [-0.3, -0.25) is 5.21 Å². The molecule has 1 aromatic rings. The van der Waals surface area contributed by atoms with Crippen molar-refractivity contribution in [3.63, 3.8) is 0 Å². The highest BCUT2D eigenvalue weighted by Gasteiger charge is 2.05. The molecule has 64 valence electrons. The lowest BCUT2D eigenvalue weighted by molar-refractivity contribution is 0.257. The molecule has 0 aliphatic carbocycles. The third-order valence-electron chi connectivity index (χ3n) is 1.45. The fourth-order valence-corrected chi connectivity index (χ4v) is 1.11. The van der Waals surface area contributed by atoms with E-state index in [-0.39, 0.29) is 5.17 Å². The zero-order valence-electron chi connectivity index (χ0n) is 6.36. The van der Waals surface area contributed by atoms with Gasteiger partial charge in [-0.05, 0) is 30.7 Å². The number of rotatable bonds is 2. The molecule has 0 saturated carbocycles. The second-order valence-electron chi connectivity index (χ2n) is 2.30. The third-order valence-corrected chi connectivity index (χ3v) is 1.69. The predicted molar refractivity (Wildman–Crippen MR) is 46.2 cm³/mol. The zero-order valence-corrected chi connectivity index (χ0v) is 7.12. The molecule has 4 nitrogen and oxygen atoms in total. The van der Waals surface area contributed by atoms with Gasteiger partial charge in [0.1, 0.15) is 0 Å². The van der Waals surface area contributed by atoms with Crippen LogP contribution in [0.25, 0.3) is 0 Å². The Labute approximate surface area is 74.3 Å². The van der Waals surface area contributed by atoms with Gasteiger partial charge in [0.25, 0.3) is 0 Å². The summed E-state index contributed by atoms with van der Waals surface area (Å²) in [6.45, 7) is 1.72. The van der Waals surface area contributed by atoms with E-state index in [1.807, 2.05) is 0 Å². The molecule has 1 rings (SSSR count). The number of nitrogens with zero attached hydrogens (tertiary/aromatic N) is 2. The lowest BCUT2D eigenvalue weighted by Gasteiger charge is -2.08. The van der Waals surface area contributed by atoms with E-state index in [0.717, 1.165) is 0 Å². The molecule has 1 aromatic carbocycles. The summed E-state index contributed by atoms with van der Waals surface area (Å²) in [5.74, 6) is 0. The molecule has 0 bridgehead atoms. The minimum absolute atomic E-state index is 0.270. The van der Waals surface area contributed by atoms with Crippen LogP contribution in [0.15, 0.2) is 23.5 Å². The predicted octanol–water partition coefficient (Wildman–Crippen LogP) is 2.53. The summed E-state index contributed by atoms with van der Waals surface area (Å²) < 4.78 is 0. The summed E-state index contributed by atoms with van der Waals surface area (Å²) >= 11 is 5.66. The summed E-state index contributed by atoms with van der Waals surface area (Å²) in [5, 5.41) is 12.1. The molecule has 0 atom stereocenters. The molecular weight excluding hydrogens is 180 g/mol. The SMILES string of the molecule is Cc1cc(Cl)ccc1N(O)N=O. The monoisotopic (exact) mass is 186 g/mol. The number of anilines is 1. The molecule has 0 aromatic heterocycles. The topological polar surface area (TPSA) is 52.9 Å². The lowest BCUT2D eigenvalue weighted by atomic mass is 10.2. The van der Waals surface area contributed by atoms with E-state index in [0.29, 0.717) is 16.3 Å². The van der Waals surface area contributed by atoms with Gasteiger partial charge in [0, 0.05) is 5.02 Å². The number of hydrogen-bond acceptors (Lipinski definition) is 3. The van der Waals surface area contributed by atoms with Crippen LogP contribution in [0, 0.1) is 11.8 Å². The highest BCUT2D eigenvalue weighted by molar-refractivity contribution is 6.30. The Hall–Kier alpha value is -1.13. The first-order valence-electron chi connectivity index (χ1n) is 3.23. The van der Waals surface area contributed by atoms with Crippen molar-refractivity contribution >= 4 is 17.3 Å². The zero-order chi connectivity index (χ0) is 9.14. The standard InChI is InChI=1S/C7H7ClN2O2/c1-5-4-6(8)2-3-7(5)10(12)9-11/h2-4,12H,1H3. The van der Waals surface area contributed by atoms with Crippen molar-refractivity contribution in [2.75, 3.05) is 5.17 Å². The Morgan fingerprint density at radius 2 is 2.25 bits per heavy atom. The second kappa shape index (κ2) is 3.51. The average Bonchev–Trinajstić information content (AvgIpc) is 2.03.